The highest BCUT2D eigenvalue weighted by Crippen LogP contribution is 2.14. The Morgan fingerprint density at radius 2 is 2.00 bits per heavy atom. The van der Waals surface area contributed by atoms with Crippen LogP contribution in [-0.4, -0.2) is 12.6 Å². The minimum absolute atomic E-state index is 0.224. The number of carbonyl (C=O) groups excluding carboxylic acids is 1. The van der Waals surface area contributed by atoms with E-state index in [-0.39, 0.29) is 12.4 Å². The van der Waals surface area contributed by atoms with Crippen molar-refractivity contribution in [1.29, 1.82) is 0 Å². The molecule has 0 aromatic heterocycles. The third-order valence-corrected chi connectivity index (χ3v) is 3.38. The summed E-state index contributed by atoms with van der Waals surface area (Å²) in [6.07, 6.45) is -0.0869. The number of ether oxygens (including phenoxy) is 1. The molecule has 1 amide bonds. The lowest BCUT2D eigenvalue weighted by Crippen LogP contribution is -2.24. The average molecular weight is 376 g/mol. The van der Waals surface area contributed by atoms with Crippen molar-refractivity contribution >= 4 is 22.0 Å². The van der Waals surface area contributed by atoms with Gasteiger partial charge in [0.05, 0.1) is 5.56 Å². The maximum absolute atomic E-state index is 13.5. The van der Waals surface area contributed by atoms with Crippen LogP contribution in [0.3, 0.4) is 0 Å². The summed E-state index contributed by atoms with van der Waals surface area (Å²) in [6, 6.07) is 14.0. The predicted molar refractivity (Wildman–Crippen MR) is 90.2 cm³/mol. The molecule has 0 aliphatic rings. The summed E-state index contributed by atoms with van der Waals surface area (Å²) in [5.74, 6) is 5.19. The number of amides is 1. The molecule has 0 saturated carbocycles. The largest absolute Gasteiger partial charge is 0.445 e. The van der Waals surface area contributed by atoms with E-state index >= 15 is 0 Å². The minimum Gasteiger partial charge on any atom is -0.445 e. The number of benzene rings is 2. The lowest BCUT2D eigenvalue weighted by Gasteiger charge is -2.05. The molecule has 0 aliphatic heterocycles. The van der Waals surface area contributed by atoms with Gasteiger partial charge in [0.1, 0.15) is 12.4 Å². The van der Waals surface area contributed by atoms with Gasteiger partial charge in [-0.15, -0.1) is 0 Å². The topological polar surface area (TPSA) is 38.3 Å². The number of rotatable bonds is 4. The van der Waals surface area contributed by atoms with Crippen molar-refractivity contribution in [3.63, 3.8) is 0 Å². The van der Waals surface area contributed by atoms with E-state index in [0.29, 0.717) is 18.5 Å². The lowest BCUT2D eigenvalue weighted by atomic mass is 10.2. The van der Waals surface area contributed by atoms with Gasteiger partial charge >= 0.3 is 6.09 Å². The molecule has 0 saturated heterocycles. The lowest BCUT2D eigenvalue weighted by molar-refractivity contribution is 0.140. The van der Waals surface area contributed by atoms with Crippen molar-refractivity contribution in [2.75, 3.05) is 6.54 Å². The molecule has 2 rings (SSSR count). The Bertz CT molecular complexity index is 723. The second-order valence-corrected chi connectivity index (χ2v) is 5.58. The molecule has 118 valence electrons. The summed E-state index contributed by atoms with van der Waals surface area (Å²) in [4.78, 5) is 11.5. The summed E-state index contributed by atoms with van der Waals surface area (Å²) in [5, 5.41) is 2.60. The first-order valence-corrected chi connectivity index (χ1v) is 7.83. The molecular weight excluding hydrogens is 361 g/mol. The zero-order valence-corrected chi connectivity index (χ0v) is 13.9. The van der Waals surface area contributed by atoms with Gasteiger partial charge in [0.2, 0.25) is 0 Å². The molecule has 3 nitrogen and oxygen atoms in total. The Morgan fingerprint density at radius 1 is 1.22 bits per heavy atom. The average Bonchev–Trinajstić information content (AvgIpc) is 2.56. The number of nitrogens with one attached hydrogen (secondary N) is 1. The fourth-order valence-corrected chi connectivity index (χ4v) is 2.11. The van der Waals surface area contributed by atoms with Crippen LogP contribution in [0.15, 0.2) is 53.0 Å². The van der Waals surface area contributed by atoms with Crippen LogP contribution in [0.4, 0.5) is 9.18 Å². The third kappa shape index (κ3) is 6.13. The predicted octanol–water partition coefficient (Wildman–Crippen LogP) is 4.26. The van der Waals surface area contributed by atoms with E-state index in [1.54, 1.807) is 12.1 Å². The van der Waals surface area contributed by atoms with E-state index in [0.717, 1.165) is 10.0 Å². The third-order valence-electron chi connectivity index (χ3n) is 2.88. The van der Waals surface area contributed by atoms with E-state index in [9.17, 15) is 9.18 Å². The molecule has 2 aromatic carbocycles. The first-order valence-electron chi connectivity index (χ1n) is 7.03. The zero-order chi connectivity index (χ0) is 16.5. The van der Waals surface area contributed by atoms with Gasteiger partial charge in [0.25, 0.3) is 0 Å². The van der Waals surface area contributed by atoms with Crippen molar-refractivity contribution in [1.82, 2.24) is 5.32 Å². The van der Waals surface area contributed by atoms with Crippen molar-refractivity contribution < 1.29 is 13.9 Å². The monoisotopic (exact) mass is 375 g/mol. The Kier molecular flexibility index (Phi) is 6.64. The molecule has 5 heteroatoms. The molecular formula is C18H15BrFNO2. The van der Waals surface area contributed by atoms with Crippen molar-refractivity contribution in [2.24, 2.45) is 0 Å². The first kappa shape index (κ1) is 17.0. The van der Waals surface area contributed by atoms with Crippen LogP contribution in [-0.2, 0) is 11.3 Å². The number of hydrogen-bond donors (Lipinski definition) is 1. The SMILES string of the molecule is O=C(NCCC#Cc1cc(Br)ccc1F)OCc1ccccc1. The molecule has 2 aromatic rings. The normalized spacial score (nSPS) is 9.65. The summed E-state index contributed by atoms with van der Waals surface area (Å²) in [6.45, 7) is 0.567. The second-order valence-electron chi connectivity index (χ2n) is 4.66. The van der Waals surface area contributed by atoms with Gasteiger partial charge < -0.3 is 10.1 Å². The Balaban J connectivity index is 1.70. The summed E-state index contributed by atoms with van der Waals surface area (Å²) in [7, 11) is 0. The quantitative estimate of drug-likeness (QED) is 0.640. The molecule has 0 unspecified atom stereocenters. The molecule has 0 spiro atoms. The summed E-state index contributed by atoms with van der Waals surface area (Å²) in [5.41, 5.74) is 1.25. The van der Waals surface area contributed by atoms with Gasteiger partial charge in [-0.3, -0.25) is 0 Å². The van der Waals surface area contributed by atoms with Gasteiger partial charge in [-0.2, -0.15) is 0 Å². The van der Waals surface area contributed by atoms with Crippen LogP contribution in [0.25, 0.3) is 0 Å². The standard InChI is InChI=1S/C18H15BrFNO2/c19-16-9-10-17(20)15(12-16)8-4-5-11-21-18(22)23-13-14-6-2-1-3-7-14/h1-3,6-7,9-10,12H,5,11,13H2,(H,21,22). The van der Waals surface area contributed by atoms with E-state index in [4.69, 9.17) is 4.74 Å². The number of hydrogen-bond acceptors (Lipinski definition) is 2. The molecule has 1 N–H and O–H groups in total. The van der Waals surface area contributed by atoms with Crippen LogP contribution in [0.2, 0.25) is 0 Å². The van der Waals surface area contributed by atoms with E-state index in [2.05, 4.69) is 33.1 Å². The van der Waals surface area contributed by atoms with Crippen LogP contribution in [0.1, 0.15) is 17.5 Å². The highest BCUT2D eigenvalue weighted by Gasteiger charge is 2.01. The fourth-order valence-electron chi connectivity index (χ4n) is 1.75. The second kappa shape index (κ2) is 8.96. The van der Waals surface area contributed by atoms with Crippen LogP contribution >= 0.6 is 15.9 Å². The Hall–Kier alpha value is -2.32. The van der Waals surface area contributed by atoms with Crippen molar-refractivity contribution in [2.45, 2.75) is 13.0 Å². The van der Waals surface area contributed by atoms with Gasteiger partial charge in [0, 0.05) is 17.4 Å². The Labute approximate surface area is 143 Å². The fraction of sp³-hybridized carbons (Fsp3) is 0.167. The van der Waals surface area contributed by atoms with Gasteiger partial charge in [-0.25, -0.2) is 9.18 Å². The summed E-state index contributed by atoms with van der Waals surface area (Å²) < 4.78 is 19.3. The van der Waals surface area contributed by atoms with Gasteiger partial charge in [0.15, 0.2) is 0 Å². The molecule has 0 radical (unpaired) electrons. The molecule has 23 heavy (non-hydrogen) atoms. The van der Waals surface area contributed by atoms with Gasteiger partial charge in [-0.05, 0) is 23.8 Å². The highest BCUT2D eigenvalue weighted by atomic mass is 79.9. The molecule has 0 bridgehead atoms. The molecule has 0 atom stereocenters. The van der Waals surface area contributed by atoms with E-state index in [1.807, 2.05) is 30.3 Å². The van der Waals surface area contributed by atoms with Crippen molar-refractivity contribution in [3.05, 3.63) is 69.9 Å². The van der Waals surface area contributed by atoms with Crippen LogP contribution in [0.5, 0.6) is 0 Å². The number of carbonyl (C=O) groups is 1. The number of alkyl carbamates (subject to hydrolysis) is 1. The van der Waals surface area contributed by atoms with Crippen molar-refractivity contribution in [3.8, 4) is 11.8 Å². The molecule has 0 heterocycles. The van der Waals surface area contributed by atoms with Crippen LogP contribution < -0.4 is 5.32 Å². The molecule has 0 aliphatic carbocycles. The first-order chi connectivity index (χ1) is 11.1. The highest BCUT2D eigenvalue weighted by molar-refractivity contribution is 9.10. The molecule has 0 fully saturated rings. The zero-order valence-electron chi connectivity index (χ0n) is 12.3. The van der Waals surface area contributed by atoms with Crippen LogP contribution in [0, 0.1) is 17.7 Å². The van der Waals surface area contributed by atoms with E-state index < -0.39 is 6.09 Å². The summed E-state index contributed by atoms with van der Waals surface area (Å²) >= 11 is 3.27. The maximum atomic E-state index is 13.5. The minimum atomic E-state index is -0.496. The smallest absolute Gasteiger partial charge is 0.407 e. The van der Waals surface area contributed by atoms with E-state index in [1.165, 1.54) is 6.07 Å². The maximum Gasteiger partial charge on any atom is 0.407 e. The van der Waals surface area contributed by atoms with Gasteiger partial charge in [-0.1, -0.05) is 58.1 Å². The number of halogens is 2. The Morgan fingerprint density at radius 3 is 2.78 bits per heavy atom.